The van der Waals surface area contributed by atoms with E-state index in [1.54, 1.807) is 0 Å². The maximum Gasteiger partial charge on any atom is 0.242 e. The summed E-state index contributed by atoms with van der Waals surface area (Å²) >= 11 is 5.38. The zero-order chi connectivity index (χ0) is 20.2. The van der Waals surface area contributed by atoms with Gasteiger partial charge in [0.25, 0.3) is 0 Å². The number of aryl methyl sites for hydroxylation is 1. The number of alkyl halides is 1. The van der Waals surface area contributed by atoms with Crippen LogP contribution in [0.15, 0.2) is 60.8 Å². The summed E-state index contributed by atoms with van der Waals surface area (Å²) < 4.78 is 27.8. The molecular weight excluding hydrogens is 374 g/mol. The number of nitrogens with zero attached hydrogens (tertiary/aromatic N) is 3. The number of carbonyl (C=O) groups is 1. The van der Waals surface area contributed by atoms with Gasteiger partial charge in [-0.05, 0) is 23.8 Å². The molecule has 1 aromatic rings. The van der Waals surface area contributed by atoms with Crippen LogP contribution < -0.4 is 5.32 Å². The Balaban J connectivity index is 2.61. The van der Waals surface area contributed by atoms with E-state index in [4.69, 9.17) is 11.6 Å². The van der Waals surface area contributed by atoms with Crippen LogP contribution in [0.4, 0.5) is 8.78 Å². The number of hydrogen-bond acceptors (Lipinski definition) is 3. The molecule has 146 valence electrons. The van der Waals surface area contributed by atoms with Gasteiger partial charge in [-0.25, -0.2) is 18.4 Å². The van der Waals surface area contributed by atoms with Crippen molar-refractivity contribution in [2.24, 2.45) is 0 Å². The van der Waals surface area contributed by atoms with Crippen molar-refractivity contribution in [3.63, 3.8) is 0 Å². The fourth-order valence-corrected chi connectivity index (χ4v) is 2.10. The van der Waals surface area contributed by atoms with E-state index in [0.717, 1.165) is 0 Å². The SMILES string of the molecule is C=C/C=C(F)\C=C/C(=C)CNC(=O)Cn1nc(C/C=C(/F)CCl)nc1CC. The van der Waals surface area contributed by atoms with Gasteiger partial charge in [-0.3, -0.25) is 4.79 Å². The molecular formula is C19H23ClF2N4O. The molecule has 0 unspecified atom stereocenters. The van der Waals surface area contributed by atoms with E-state index in [1.807, 2.05) is 6.92 Å². The highest BCUT2D eigenvalue weighted by atomic mass is 35.5. The minimum atomic E-state index is -0.458. The predicted molar refractivity (Wildman–Crippen MR) is 104 cm³/mol. The number of rotatable bonds is 11. The van der Waals surface area contributed by atoms with E-state index in [9.17, 15) is 13.6 Å². The van der Waals surface area contributed by atoms with Gasteiger partial charge < -0.3 is 5.32 Å². The molecule has 0 bridgehead atoms. The van der Waals surface area contributed by atoms with Gasteiger partial charge in [0.2, 0.25) is 5.91 Å². The Morgan fingerprint density at radius 1 is 1.37 bits per heavy atom. The highest BCUT2D eigenvalue weighted by Gasteiger charge is 2.11. The van der Waals surface area contributed by atoms with E-state index in [2.05, 4.69) is 28.6 Å². The average molecular weight is 397 g/mol. The van der Waals surface area contributed by atoms with Crippen LogP contribution in [0.25, 0.3) is 0 Å². The maximum absolute atomic E-state index is 13.2. The van der Waals surface area contributed by atoms with Crippen molar-refractivity contribution in [3.8, 4) is 0 Å². The van der Waals surface area contributed by atoms with Crippen LogP contribution >= 0.6 is 11.6 Å². The lowest BCUT2D eigenvalue weighted by Crippen LogP contribution is -2.30. The topological polar surface area (TPSA) is 59.8 Å². The number of allylic oxidation sites excluding steroid dienone is 6. The standard InChI is InChI=1S/C19H23ClF2N4O/c1-4-6-15(21)8-7-14(3)12-23-19(27)13-26-18(5-2)24-17(25-26)10-9-16(22)11-20/h4,6-9H,1,3,5,10-13H2,2H3,(H,23,27)/b8-7-,15-6+,16-9+. The average Bonchev–Trinajstić information content (AvgIpc) is 3.04. The molecule has 0 spiro atoms. The third-order valence-corrected chi connectivity index (χ3v) is 3.56. The van der Waals surface area contributed by atoms with E-state index in [0.29, 0.717) is 23.6 Å². The van der Waals surface area contributed by atoms with Crippen LogP contribution in [0.3, 0.4) is 0 Å². The third kappa shape index (κ3) is 8.59. The zero-order valence-corrected chi connectivity index (χ0v) is 16.0. The normalized spacial score (nSPS) is 12.4. The number of hydrogen-bond donors (Lipinski definition) is 1. The summed E-state index contributed by atoms with van der Waals surface area (Å²) in [5.41, 5.74) is 0.535. The Hall–Kier alpha value is -2.54. The Labute approximate surface area is 162 Å². The van der Waals surface area contributed by atoms with Gasteiger partial charge >= 0.3 is 0 Å². The molecule has 5 nitrogen and oxygen atoms in total. The van der Waals surface area contributed by atoms with E-state index < -0.39 is 11.7 Å². The minimum Gasteiger partial charge on any atom is -0.350 e. The Kier molecular flexibility index (Phi) is 9.96. The van der Waals surface area contributed by atoms with Gasteiger partial charge in [-0.15, -0.1) is 11.6 Å². The van der Waals surface area contributed by atoms with Crippen molar-refractivity contribution < 1.29 is 13.6 Å². The molecule has 0 atom stereocenters. The van der Waals surface area contributed by atoms with Crippen LogP contribution in [0.1, 0.15) is 18.6 Å². The molecule has 0 saturated heterocycles. The van der Waals surface area contributed by atoms with Crippen molar-refractivity contribution in [1.82, 2.24) is 20.1 Å². The van der Waals surface area contributed by atoms with Crippen molar-refractivity contribution in [1.29, 1.82) is 0 Å². The van der Waals surface area contributed by atoms with Gasteiger partial charge in [0.05, 0.1) is 5.88 Å². The fraction of sp³-hybridized carbons (Fsp3) is 0.316. The molecule has 8 heteroatoms. The predicted octanol–water partition coefficient (Wildman–Crippen LogP) is 3.74. The molecule has 1 amide bonds. The molecule has 0 aliphatic rings. The summed E-state index contributed by atoms with van der Waals surface area (Å²) in [4.78, 5) is 16.4. The smallest absolute Gasteiger partial charge is 0.242 e. The Morgan fingerprint density at radius 3 is 2.74 bits per heavy atom. The minimum absolute atomic E-state index is 0.0282. The summed E-state index contributed by atoms with van der Waals surface area (Å²) in [6, 6.07) is 0. The maximum atomic E-state index is 13.2. The summed E-state index contributed by atoms with van der Waals surface area (Å²) in [6.45, 7) is 9.17. The van der Waals surface area contributed by atoms with Gasteiger partial charge in [0, 0.05) is 19.4 Å². The summed E-state index contributed by atoms with van der Waals surface area (Å²) in [5, 5.41) is 6.90. The van der Waals surface area contributed by atoms with Gasteiger partial charge in [0.15, 0.2) is 5.82 Å². The quantitative estimate of drug-likeness (QED) is 0.458. The number of carbonyl (C=O) groups excluding carboxylic acids is 1. The molecule has 1 heterocycles. The first-order valence-electron chi connectivity index (χ1n) is 8.33. The van der Waals surface area contributed by atoms with Crippen LogP contribution in [-0.4, -0.2) is 33.1 Å². The van der Waals surface area contributed by atoms with Crippen molar-refractivity contribution in [2.45, 2.75) is 26.3 Å². The second-order valence-corrected chi connectivity index (χ2v) is 5.77. The first-order valence-corrected chi connectivity index (χ1v) is 8.86. The van der Waals surface area contributed by atoms with Gasteiger partial charge in [-0.2, -0.15) is 5.10 Å². The lowest BCUT2D eigenvalue weighted by molar-refractivity contribution is -0.121. The number of aromatic nitrogens is 3. The Bertz CT molecular complexity index is 766. The molecule has 1 N–H and O–H groups in total. The van der Waals surface area contributed by atoms with Crippen molar-refractivity contribution >= 4 is 17.5 Å². The van der Waals surface area contributed by atoms with E-state index >= 15 is 0 Å². The molecule has 1 aromatic heterocycles. The summed E-state index contributed by atoms with van der Waals surface area (Å²) in [6.07, 6.45) is 7.34. The van der Waals surface area contributed by atoms with Crippen molar-refractivity contribution in [2.75, 3.05) is 12.4 Å². The number of amides is 1. The molecule has 0 aromatic carbocycles. The van der Waals surface area contributed by atoms with Crippen LogP contribution in [0.5, 0.6) is 0 Å². The second-order valence-electron chi connectivity index (χ2n) is 5.50. The highest BCUT2D eigenvalue weighted by Crippen LogP contribution is 2.06. The molecule has 0 saturated carbocycles. The van der Waals surface area contributed by atoms with Crippen molar-refractivity contribution in [3.05, 3.63) is 72.4 Å². The fourth-order valence-electron chi connectivity index (χ4n) is 1.99. The molecule has 27 heavy (non-hydrogen) atoms. The molecule has 1 rings (SSSR count). The molecule has 0 fully saturated rings. The number of halogens is 3. The third-order valence-electron chi connectivity index (χ3n) is 3.30. The van der Waals surface area contributed by atoms with Gasteiger partial charge in [0.1, 0.15) is 24.0 Å². The van der Waals surface area contributed by atoms with Crippen LogP contribution in [-0.2, 0) is 24.2 Å². The van der Waals surface area contributed by atoms with Gasteiger partial charge in [-0.1, -0.05) is 32.2 Å². The van der Waals surface area contributed by atoms with Crippen LogP contribution in [0, 0.1) is 0 Å². The lowest BCUT2D eigenvalue weighted by Gasteiger charge is -2.06. The number of nitrogens with one attached hydrogen (secondary N) is 1. The molecule has 0 radical (unpaired) electrons. The summed E-state index contributed by atoms with van der Waals surface area (Å²) in [7, 11) is 0. The molecule has 0 aliphatic heterocycles. The largest absolute Gasteiger partial charge is 0.350 e. The van der Waals surface area contributed by atoms with Crippen LogP contribution in [0.2, 0.25) is 0 Å². The summed E-state index contributed by atoms with van der Waals surface area (Å²) in [5.74, 6) is -0.364. The molecule has 0 aliphatic carbocycles. The zero-order valence-electron chi connectivity index (χ0n) is 15.2. The lowest BCUT2D eigenvalue weighted by atomic mass is 10.2. The second kappa shape index (κ2) is 12.0. The first-order chi connectivity index (χ1) is 12.9. The van der Waals surface area contributed by atoms with E-state index in [-0.39, 0.29) is 31.3 Å². The monoisotopic (exact) mass is 396 g/mol. The highest BCUT2D eigenvalue weighted by molar-refractivity contribution is 6.19. The first kappa shape index (κ1) is 22.5. The van der Waals surface area contributed by atoms with E-state index in [1.165, 1.54) is 35.1 Å². The Morgan fingerprint density at radius 2 is 2.11 bits per heavy atom.